The lowest BCUT2D eigenvalue weighted by molar-refractivity contribution is -0.129. The molecule has 1 amide bonds. The first kappa shape index (κ1) is 13.5. The van der Waals surface area contributed by atoms with Crippen LogP contribution in [0.5, 0.6) is 0 Å². The van der Waals surface area contributed by atoms with E-state index in [-0.39, 0.29) is 17.8 Å². The molecule has 1 heterocycles. The molecule has 0 aromatic heterocycles. The molecule has 1 atom stereocenters. The van der Waals surface area contributed by atoms with Crippen LogP contribution in [0.2, 0.25) is 0 Å². The number of amides is 1. The molecule has 0 radical (unpaired) electrons. The predicted molar refractivity (Wildman–Crippen MR) is 71.1 cm³/mol. The van der Waals surface area contributed by atoms with E-state index in [9.17, 15) is 9.18 Å². The molecule has 3 nitrogen and oxygen atoms in total. The number of anilines is 1. The van der Waals surface area contributed by atoms with Crippen molar-refractivity contribution in [3.05, 3.63) is 28.0 Å². The van der Waals surface area contributed by atoms with E-state index in [2.05, 4.69) is 21.2 Å². The number of hydrogen-bond acceptors (Lipinski definition) is 2. The third-order valence-electron chi connectivity index (χ3n) is 3.00. The van der Waals surface area contributed by atoms with Crippen molar-refractivity contribution in [1.29, 1.82) is 0 Å². The first-order valence-electron chi connectivity index (χ1n) is 5.96. The highest BCUT2D eigenvalue weighted by Crippen LogP contribution is 2.25. The smallest absolute Gasteiger partial charge is 0.253 e. The standard InChI is InChI=1S/C13H15BrFNO2/c1-8-6-10(15)9(14)7-11(8)16-13(17)12-4-2-3-5-18-12/h6-7,12H,2-5H2,1H3,(H,16,17). The van der Waals surface area contributed by atoms with Crippen molar-refractivity contribution in [2.75, 3.05) is 11.9 Å². The summed E-state index contributed by atoms with van der Waals surface area (Å²) in [7, 11) is 0. The normalized spacial score (nSPS) is 19.6. The molecular formula is C13H15BrFNO2. The maximum absolute atomic E-state index is 13.3. The van der Waals surface area contributed by atoms with Crippen molar-refractivity contribution >= 4 is 27.5 Å². The number of carbonyl (C=O) groups is 1. The zero-order chi connectivity index (χ0) is 13.1. The number of carbonyl (C=O) groups excluding carboxylic acids is 1. The van der Waals surface area contributed by atoms with E-state index in [1.165, 1.54) is 6.07 Å². The number of ether oxygens (including phenoxy) is 1. The monoisotopic (exact) mass is 315 g/mol. The molecule has 1 N–H and O–H groups in total. The fourth-order valence-electron chi connectivity index (χ4n) is 1.94. The van der Waals surface area contributed by atoms with Gasteiger partial charge in [0.1, 0.15) is 11.9 Å². The molecule has 1 aromatic carbocycles. The molecule has 18 heavy (non-hydrogen) atoms. The van der Waals surface area contributed by atoms with Gasteiger partial charge in [-0.1, -0.05) is 0 Å². The molecular weight excluding hydrogens is 301 g/mol. The van der Waals surface area contributed by atoms with E-state index in [4.69, 9.17) is 4.74 Å². The number of rotatable bonds is 2. The van der Waals surface area contributed by atoms with Gasteiger partial charge >= 0.3 is 0 Å². The van der Waals surface area contributed by atoms with Crippen LogP contribution in [0.1, 0.15) is 24.8 Å². The second kappa shape index (κ2) is 5.80. The number of hydrogen-bond donors (Lipinski definition) is 1. The molecule has 1 fully saturated rings. The zero-order valence-corrected chi connectivity index (χ0v) is 11.7. The molecule has 0 bridgehead atoms. The summed E-state index contributed by atoms with van der Waals surface area (Å²) < 4.78 is 19.0. The first-order valence-corrected chi connectivity index (χ1v) is 6.75. The Bertz CT molecular complexity index is 459. The quantitative estimate of drug-likeness (QED) is 0.908. The van der Waals surface area contributed by atoms with Crippen LogP contribution >= 0.6 is 15.9 Å². The molecule has 0 saturated carbocycles. The molecule has 1 unspecified atom stereocenters. The molecule has 1 aromatic rings. The molecule has 1 aliphatic heterocycles. The van der Waals surface area contributed by atoms with Crippen molar-refractivity contribution in [1.82, 2.24) is 0 Å². The second-order valence-corrected chi connectivity index (χ2v) is 5.28. The van der Waals surface area contributed by atoms with E-state index < -0.39 is 0 Å². The van der Waals surface area contributed by atoms with Crippen LogP contribution in [0.3, 0.4) is 0 Å². The average Bonchev–Trinajstić information content (AvgIpc) is 2.37. The van der Waals surface area contributed by atoms with Crippen LogP contribution in [-0.4, -0.2) is 18.6 Å². The Hall–Kier alpha value is -0.940. The fourth-order valence-corrected chi connectivity index (χ4v) is 2.29. The van der Waals surface area contributed by atoms with E-state index in [0.29, 0.717) is 22.3 Å². The molecule has 0 spiro atoms. The van der Waals surface area contributed by atoms with E-state index in [0.717, 1.165) is 19.3 Å². The Balaban J connectivity index is 2.08. The van der Waals surface area contributed by atoms with Crippen LogP contribution in [0.15, 0.2) is 16.6 Å². The van der Waals surface area contributed by atoms with Crippen LogP contribution in [0, 0.1) is 12.7 Å². The van der Waals surface area contributed by atoms with Crippen molar-refractivity contribution in [2.24, 2.45) is 0 Å². The maximum Gasteiger partial charge on any atom is 0.253 e. The Kier molecular flexibility index (Phi) is 4.35. The van der Waals surface area contributed by atoms with Gasteiger partial charge in [0.15, 0.2) is 0 Å². The van der Waals surface area contributed by atoms with Crippen LogP contribution < -0.4 is 5.32 Å². The second-order valence-electron chi connectivity index (χ2n) is 4.43. The summed E-state index contributed by atoms with van der Waals surface area (Å²) >= 11 is 3.11. The first-order chi connectivity index (χ1) is 8.58. The maximum atomic E-state index is 13.3. The predicted octanol–water partition coefficient (Wildman–Crippen LogP) is 3.40. The lowest BCUT2D eigenvalue weighted by Crippen LogP contribution is -2.33. The summed E-state index contributed by atoms with van der Waals surface area (Å²) in [6.07, 6.45) is 2.37. The van der Waals surface area contributed by atoms with Gasteiger partial charge in [-0.25, -0.2) is 4.39 Å². The number of nitrogens with one attached hydrogen (secondary N) is 1. The van der Waals surface area contributed by atoms with Gasteiger partial charge in [0.25, 0.3) is 5.91 Å². The van der Waals surface area contributed by atoms with Gasteiger partial charge in [-0.05, 0) is 59.8 Å². The topological polar surface area (TPSA) is 38.3 Å². The summed E-state index contributed by atoms with van der Waals surface area (Å²) in [6.45, 7) is 2.39. The van der Waals surface area contributed by atoms with Crippen LogP contribution in [-0.2, 0) is 9.53 Å². The molecule has 0 aliphatic carbocycles. The van der Waals surface area contributed by atoms with E-state index in [1.807, 2.05) is 0 Å². The lowest BCUT2D eigenvalue weighted by atomic mass is 10.1. The minimum Gasteiger partial charge on any atom is -0.368 e. The highest BCUT2D eigenvalue weighted by Gasteiger charge is 2.22. The van der Waals surface area contributed by atoms with E-state index in [1.54, 1.807) is 13.0 Å². The molecule has 5 heteroatoms. The Labute approximate surface area is 114 Å². The van der Waals surface area contributed by atoms with Crippen LogP contribution in [0.4, 0.5) is 10.1 Å². The highest BCUT2D eigenvalue weighted by atomic mass is 79.9. The Morgan fingerprint density at radius 1 is 1.50 bits per heavy atom. The molecule has 1 aliphatic rings. The summed E-state index contributed by atoms with van der Waals surface area (Å²) in [5.41, 5.74) is 1.31. The SMILES string of the molecule is Cc1cc(F)c(Br)cc1NC(=O)C1CCCCO1. The van der Waals surface area contributed by atoms with Crippen molar-refractivity contribution in [3.63, 3.8) is 0 Å². The largest absolute Gasteiger partial charge is 0.368 e. The highest BCUT2D eigenvalue weighted by molar-refractivity contribution is 9.10. The van der Waals surface area contributed by atoms with Gasteiger partial charge in [-0.3, -0.25) is 4.79 Å². The molecule has 2 rings (SSSR count). The number of aryl methyl sites for hydroxylation is 1. The van der Waals surface area contributed by atoms with Gasteiger partial charge in [-0.15, -0.1) is 0 Å². The fraction of sp³-hybridized carbons (Fsp3) is 0.462. The van der Waals surface area contributed by atoms with Crippen molar-refractivity contribution in [3.8, 4) is 0 Å². The van der Waals surface area contributed by atoms with Crippen molar-refractivity contribution < 1.29 is 13.9 Å². The minimum absolute atomic E-state index is 0.156. The minimum atomic E-state index is -0.387. The van der Waals surface area contributed by atoms with E-state index >= 15 is 0 Å². The number of halogens is 2. The Morgan fingerprint density at radius 3 is 2.94 bits per heavy atom. The summed E-state index contributed by atoms with van der Waals surface area (Å²) in [6, 6.07) is 2.97. The number of benzene rings is 1. The van der Waals surface area contributed by atoms with Gasteiger partial charge in [0, 0.05) is 12.3 Å². The van der Waals surface area contributed by atoms with Gasteiger partial charge in [-0.2, -0.15) is 0 Å². The molecule has 98 valence electrons. The lowest BCUT2D eigenvalue weighted by Gasteiger charge is -2.22. The van der Waals surface area contributed by atoms with Crippen LogP contribution in [0.25, 0.3) is 0 Å². The van der Waals surface area contributed by atoms with Gasteiger partial charge in [0.2, 0.25) is 0 Å². The average molecular weight is 316 g/mol. The zero-order valence-electron chi connectivity index (χ0n) is 10.1. The molecule has 1 saturated heterocycles. The van der Waals surface area contributed by atoms with Gasteiger partial charge < -0.3 is 10.1 Å². The van der Waals surface area contributed by atoms with Crippen molar-refractivity contribution in [2.45, 2.75) is 32.3 Å². The summed E-state index contributed by atoms with van der Waals surface area (Å²) in [5.74, 6) is -0.490. The third-order valence-corrected chi connectivity index (χ3v) is 3.60. The van der Waals surface area contributed by atoms with Gasteiger partial charge in [0.05, 0.1) is 4.47 Å². The summed E-state index contributed by atoms with van der Waals surface area (Å²) in [5, 5.41) is 2.79. The summed E-state index contributed by atoms with van der Waals surface area (Å²) in [4.78, 5) is 12.0. The Morgan fingerprint density at radius 2 is 2.28 bits per heavy atom. The third kappa shape index (κ3) is 3.09.